The molecule has 3 rings (SSSR count). The number of hydrogen-bond acceptors (Lipinski definition) is 5. The molecule has 2 fully saturated rings. The molecule has 0 saturated carbocycles. The number of rotatable bonds is 6. The van der Waals surface area contributed by atoms with Crippen molar-refractivity contribution in [2.24, 2.45) is 0 Å². The molecule has 1 N–H and O–H groups in total. The minimum atomic E-state index is -0.903. The Morgan fingerprint density at radius 2 is 2.00 bits per heavy atom. The third-order valence-corrected chi connectivity index (χ3v) is 5.52. The molecule has 29 heavy (non-hydrogen) atoms. The van der Waals surface area contributed by atoms with Gasteiger partial charge in [-0.1, -0.05) is 25.1 Å². The number of amides is 4. The summed E-state index contributed by atoms with van der Waals surface area (Å²) in [5.41, 5.74) is 0.734. The van der Waals surface area contributed by atoms with Gasteiger partial charge in [0.25, 0.3) is 5.91 Å². The second kappa shape index (κ2) is 9.07. The topological polar surface area (TPSA) is 96.0 Å². The van der Waals surface area contributed by atoms with Crippen LogP contribution in [-0.2, 0) is 20.9 Å². The van der Waals surface area contributed by atoms with Crippen molar-refractivity contribution in [1.82, 2.24) is 15.1 Å². The highest BCUT2D eigenvalue weighted by Gasteiger charge is 2.32. The molecular weight excluding hydrogens is 374 g/mol. The fourth-order valence-corrected chi connectivity index (χ4v) is 3.87. The molecule has 8 heteroatoms. The number of hydrogen-bond donors (Lipinski definition) is 1. The lowest BCUT2D eigenvalue weighted by Gasteiger charge is -2.36. The number of piperidine rings is 1. The van der Waals surface area contributed by atoms with E-state index in [2.05, 4.69) is 12.2 Å². The highest BCUT2D eigenvalue weighted by atomic mass is 16.5. The molecule has 0 radical (unpaired) electrons. The minimum Gasteiger partial charge on any atom is -0.449 e. The van der Waals surface area contributed by atoms with Crippen molar-refractivity contribution in [3.63, 3.8) is 0 Å². The van der Waals surface area contributed by atoms with Gasteiger partial charge in [-0.15, -0.1) is 0 Å². The molecule has 1 aromatic rings. The maximum atomic E-state index is 12.8. The van der Waals surface area contributed by atoms with Gasteiger partial charge in [0.1, 0.15) is 0 Å². The Balaban J connectivity index is 1.69. The summed E-state index contributed by atoms with van der Waals surface area (Å²) in [6, 6.07) is 6.33. The van der Waals surface area contributed by atoms with Crippen LogP contribution >= 0.6 is 0 Å². The summed E-state index contributed by atoms with van der Waals surface area (Å²) in [5, 5.41) is 2.45. The van der Waals surface area contributed by atoms with Crippen LogP contribution in [0.2, 0.25) is 0 Å². The zero-order valence-electron chi connectivity index (χ0n) is 16.8. The van der Waals surface area contributed by atoms with Gasteiger partial charge in [-0.3, -0.25) is 14.5 Å². The van der Waals surface area contributed by atoms with Gasteiger partial charge in [0, 0.05) is 12.6 Å². The average molecular weight is 401 g/mol. The van der Waals surface area contributed by atoms with Crippen molar-refractivity contribution in [3.05, 3.63) is 35.4 Å². The fraction of sp³-hybridized carbons (Fsp3) is 0.524. The molecule has 0 aliphatic carbocycles. The summed E-state index contributed by atoms with van der Waals surface area (Å²) in [5.74, 6) is -1.17. The number of carbonyl (C=O) groups is 4. The Labute approximate surface area is 170 Å². The van der Waals surface area contributed by atoms with Gasteiger partial charge in [0.2, 0.25) is 5.91 Å². The predicted molar refractivity (Wildman–Crippen MR) is 105 cm³/mol. The SMILES string of the molecule is CC[C@H]1CCCCN1C(=O)[C@@H](C)OC(=O)c1ccccc1CN1C(=O)CNC1=O. The van der Waals surface area contributed by atoms with E-state index in [1.807, 2.05) is 4.90 Å². The molecule has 1 aromatic carbocycles. The summed E-state index contributed by atoms with van der Waals surface area (Å²) >= 11 is 0. The van der Waals surface area contributed by atoms with E-state index in [9.17, 15) is 19.2 Å². The second-order valence-electron chi connectivity index (χ2n) is 7.43. The number of likely N-dealkylation sites (tertiary alicyclic amines) is 1. The minimum absolute atomic E-state index is 0.0255. The van der Waals surface area contributed by atoms with E-state index in [0.29, 0.717) is 12.1 Å². The number of urea groups is 1. The second-order valence-corrected chi connectivity index (χ2v) is 7.43. The standard InChI is InChI=1S/C21H27N3O5/c1-3-16-9-6-7-11-23(16)19(26)14(2)29-20(27)17-10-5-4-8-15(17)13-24-18(25)12-22-21(24)28/h4-5,8,10,14,16H,3,6-7,9,11-13H2,1-2H3,(H,22,28)/t14-,16+/m1/s1. The number of ether oxygens (including phenoxy) is 1. The zero-order chi connectivity index (χ0) is 21.0. The first-order valence-electron chi connectivity index (χ1n) is 10.1. The summed E-state index contributed by atoms with van der Waals surface area (Å²) in [7, 11) is 0. The highest BCUT2D eigenvalue weighted by molar-refractivity contribution is 6.02. The van der Waals surface area contributed by atoms with Crippen LogP contribution in [0.15, 0.2) is 24.3 Å². The predicted octanol–water partition coefficient (Wildman–Crippen LogP) is 2.07. The van der Waals surface area contributed by atoms with Crippen LogP contribution in [0, 0.1) is 0 Å². The van der Waals surface area contributed by atoms with Gasteiger partial charge in [-0.05, 0) is 44.2 Å². The molecule has 2 atom stereocenters. The summed E-state index contributed by atoms with van der Waals surface area (Å²) in [4.78, 5) is 52.1. The molecule has 2 aliphatic rings. The molecule has 0 aromatic heterocycles. The van der Waals surface area contributed by atoms with E-state index in [-0.39, 0.29) is 36.5 Å². The lowest BCUT2D eigenvalue weighted by atomic mass is 9.99. The van der Waals surface area contributed by atoms with E-state index in [4.69, 9.17) is 4.74 Å². The third-order valence-electron chi connectivity index (χ3n) is 5.52. The van der Waals surface area contributed by atoms with Crippen LogP contribution in [0.4, 0.5) is 4.79 Å². The number of carbonyl (C=O) groups excluding carboxylic acids is 4. The Kier molecular flexibility index (Phi) is 6.51. The summed E-state index contributed by atoms with van der Waals surface area (Å²) in [6.45, 7) is 4.25. The number of imide groups is 1. The van der Waals surface area contributed by atoms with E-state index >= 15 is 0 Å². The lowest BCUT2D eigenvalue weighted by molar-refractivity contribution is -0.143. The van der Waals surface area contributed by atoms with Crippen LogP contribution in [0.1, 0.15) is 55.5 Å². The first-order valence-corrected chi connectivity index (χ1v) is 10.1. The monoisotopic (exact) mass is 401 g/mol. The van der Waals surface area contributed by atoms with Gasteiger partial charge < -0.3 is 15.0 Å². The van der Waals surface area contributed by atoms with E-state index in [1.165, 1.54) is 0 Å². The Hall–Kier alpha value is -2.90. The molecular formula is C21H27N3O5. The maximum Gasteiger partial charge on any atom is 0.339 e. The number of nitrogens with one attached hydrogen (secondary N) is 1. The summed E-state index contributed by atoms with van der Waals surface area (Å²) in [6.07, 6.45) is 3.00. The van der Waals surface area contributed by atoms with Crippen molar-refractivity contribution in [1.29, 1.82) is 0 Å². The van der Waals surface area contributed by atoms with Crippen LogP contribution in [-0.4, -0.2) is 58.8 Å². The van der Waals surface area contributed by atoms with Crippen molar-refractivity contribution in [2.45, 2.75) is 58.2 Å². The zero-order valence-corrected chi connectivity index (χ0v) is 16.8. The van der Waals surface area contributed by atoms with Gasteiger partial charge in [0.15, 0.2) is 6.10 Å². The molecule has 2 saturated heterocycles. The maximum absolute atomic E-state index is 12.8. The average Bonchev–Trinajstić information content (AvgIpc) is 3.05. The highest BCUT2D eigenvalue weighted by Crippen LogP contribution is 2.22. The molecule has 8 nitrogen and oxygen atoms in total. The Morgan fingerprint density at radius 3 is 2.69 bits per heavy atom. The molecule has 2 heterocycles. The molecule has 4 amide bonds. The van der Waals surface area contributed by atoms with Crippen molar-refractivity contribution >= 4 is 23.8 Å². The van der Waals surface area contributed by atoms with Crippen molar-refractivity contribution in [3.8, 4) is 0 Å². The van der Waals surface area contributed by atoms with Gasteiger partial charge >= 0.3 is 12.0 Å². The van der Waals surface area contributed by atoms with Crippen LogP contribution in [0.5, 0.6) is 0 Å². The van der Waals surface area contributed by atoms with Gasteiger partial charge in [-0.2, -0.15) is 0 Å². The largest absolute Gasteiger partial charge is 0.449 e. The van der Waals surface area contributed by atoms with Crippen LogP contribution in [0.25, 0.3) is 0 Å². The van der Waals surface area contributed by atoms with E-state index in [1.54, 1.807) is 31.2 Å². The van der Waals surface area contributed by atoms with Crippen LogP contribution < -0.4 is 5.32 Å². The first kappa shape index (κ1) is 20.8. The number of esters is 1. The summed E-state index contributed by atoms with van der Waals surface area (Å²) < 4.78 is 5.47. The Morgan fingerprint density at radius 1 is 1.24 bits per heavy atom. The molecule has 2 aliphatic heterocycles. The lowest BCUT2D eigenvalue weighted by Crippen LogP contribution is -2.48. The molecule has 0 unspecified atom stereocenters. The smallest absolute Gasteiger partial charge is 0.339 e. The Bertz CT molecular complexity index is 793. The fourth-order valence-electron chi connectivity index (χ4n) is 3.87. The van der Waals surface area contributed by atoms with E-state index in [0.717, 1.165) is 30.6 Å². The normalized spacial score (nSPS) is 20.4. The van der Waals surface area contributed by atoms with Gasteiger partial charge in [-0.25, -0.2) is 9.59 Å². The first-order chi connectivity index (χ1) is 13.9. The molecule has 0 spiro atoms. The van der Waals surface area contributed by atoms with Gasteiger partial charge in [0.05, 0.1) is 18.7 Å². The number of benzene rings is 1. The molecule has 156 valence electrons. The number of nitrogens with zero attached hydrogens (tertiary/aromatic N) is 2. The quantitative estimate of drug-likeness (QED) is 0.582. The third kappa shape index (κ3) is 4.58. The van der Waals surface area contributed by atoms with E-state index < -0.39 is 18.1 Å². The van der Waals surface area contributed by atoms with Crippen molar-refractivity contribution < 1.29 is 23.9 Å². The van der Waals surface area contributed by atoms with Crippen LogP contribution in [0.3, 0.4) is 0 Å². The molecule has 0 bridgehead atoms. The van der Waals surface area contributed by atoms with Crippen molar-refractivity contribution in [2.75, 3.05) is 13.1 Å².